The minimum atomic E-state index is -0.349. The van der Waals surface area contributed by atoms with Gasteiger partial charge >= 0.3 is 6.09 Å². The van der Waals surface area contributed by atoms with Crippen molar-refractivity contribution in [2.45, 2.75) is 111 Å². The van der Waals surface area contributed by atoms with Crippen LogP contribution in [-0.2, 0) is 9.47 Å². The van der Waals surface area contributed by atoms with Crippen molar-refractivity contribution < 1.29 is 19.4 Å². The summed E-state index contributed by atoms with van der Waals surface area (Å²) in [6.07, 6.45) is 10.3. The third-order valence-electron chi connectivity index (χ3n) is 14.1. The van der Waals surface area contributed by atoms with E-state index in [1.807, 2.05) is 4.90 Å². The number of likely N-dealkylation sites (tertiary alicyclic amines) is 1. The standard InChI is InChI=1S/C30H47NO4/c1-18-10-16-34-23-22(18)27(4)12-13-30-17-29(30)11-9-21(35-25(33)31-14-6-15-31)26(2,3)19(29)7-8-20(30)28(27,5)24(23)32/h18-24,32H,6-17H2,1-5H3/t18-,19+,20?,21+,22+,23?,24+,27-,28-,29-,30?/m1/s1. The highest BCUT2D eigenvalue weighted by molar-refractivity contribution is 5.68. The first-order valence-electron chi connectivity index (χ1n) is 14.8. The van der Waals surface area contributed by atoms with Gasteiger partial charge in [-0.3, -0.25) is 0 Å². The van der Waals surface area contributed by atoms with Crippen LogP contribution in [-0.4, -0.2) is 54.1 Å². The molecule has 196 valence electrons. The fourth-order valence-electron chi connectivity index (χ4n) is 12.1. The molecule has 7 fully saturated rings. The molecule has 0 radical (unpaired) electrons. The number of amides is 1. The van der Waals surface area contributed by atoms with Crippen molar-refractivity contribution in [3.05, 3.63) is 0 Å². The largest absolute Gasteiger partial charge is 0.446 e. The van der Waals surface area contributed by atoms with Crippen LogP contribution < -0.4 is 0 Å². The molecule has 0 aromatic heterocycles. The molecule has 2 heterocycles. The Hall–Kier alpha value is -0.810. The third-order valence-corrected chi connectivity index (χ3v) is 14.1. The molecule has 1 N–H and O–H groups in total. The first-order valence-corrected chi connectivity index (χ1v) is 14.8. The van der Waals surface area contributed by atoms with Crippen LogP contribution in [0.15, 0.2) is 0 Å². The summed E-state index contributed by atoms with van der Waals surface area (Å²) in [5.41, 5.74) is 0.839. The number of aliphatic hydroxyl groups is 1. The van der Waals surface area contributed by atoms with E-state index in [4.69, 9.17) is 9.47 Å². The fourth-order valence-corrected chi connectivity index (χ4v) is 12.1. The summed E-state index contributed by atoms with van der Waals surface area (Å²) in [4.78, 5) is 14.6. The molecule has 35 heavy (non-hydrogen) atoms. The van der Waals surface area contributed by atoms with Gasteiger partial charge in [-0.1, -0.05) is 34.6 Å². The molecule has 5 nitrogen and oxygen atoms in total. The molecular formula is C30H47NO4. The number of rotatable bonds is 1. The second-order valence-corrected chi connectivity index (χ2v) is 15.0. The number of hydrogen-bond donors (Lipinski definition) is 1. The van der Waals surface area contributed by atoms with Crippen LogP contribution in [0, 0.1) is 50.7 Å². The number of carbonyl (C=O) groups excluding carboxylic acids is 1. The van der Waals surface area contributed by atoms with Gasteiger partial charge in [-0.2, -0.15) is 0 Å². The van der Waals surface area contributed by atoms with E-state index >= 15 is 0 Å². The molecule has 0 aromatic carbocycles. The van der Waals surface area contributed by atoms with Crippen molar-refractivity contribution in [3.8, 4) is 0 Å². The zero-order valence-electron chi connectivity index (χ0n) is 22.6. The summed E-state index contributed by atoms with van der Waals surface area (Å²) in [5.74, 6) is 2.30. The van der Waals surface area contributed by atoms with E-state index < -0.39 is 0 Å². The van der Waals surface area contributed by atoms with Gasteiger partial charge in [0.2, 0.25) is 0 Å². The number of ether oxygens (including phenoxy) is 2. The molecule has 5 saturated carbocycles. The third kappa shape index (κ3) is 2.52. The van der Waals surface area contributed by atoms with Crippen LogP contribution in [0.25, 0.3) is 0 Å². The Labute approximate surface area is 211 Å². The zero-order valence-corrected chi connectivity index (χ0v) is 22.6. The molecule has 7 aliphatic rings. The van der Waals surface area contributed by atoms with Crippen LogP contribution in [0.3, 0.4) is 0 Å². The van der Waals surface area contributed by atoms with E-state index in [0.29, 0.717) is 34.5 Å². The maximum Gasteiger partial charge on any atom is 0.410 e. The average molecular weight is 486 g/mol. The van der Waals surface area contributed by atoms with Crippen molar-refractivity contribution in [2.24, 2.45) is 50.7 Å². The van der Waals surface area contributed by atoms with Gasteiger partial charge in [0.1, 0.15) is 6.10 Å². The molecule has 5 heteroatoms. The Bertz CT molecular complexity index is 931. The molecule has 2 spiro atoms. The lowest BCUT2D eigenvalue weighted by Crippen LogP contribution is -2.60. The van der Waals surface area contributed by atoms with Crippen LogP contribution >= 0.6 is 0 Å². The Morgan fingerprint density at radius 1 is 0.971 bits per heavy atom. The highest BCUT2D eigenvalue weighted by Gasteiger charge is 2.84. The quantitative estimate of drug-likeness (QED) is 0.522. The van der Waals surface area contributed by atoms with E-state index in [9.17, 15) is 9.90 Å². The predicted octanol–water partition coefficient (Wildman–Crippen LogP) is 5.64. The molecule has 3 unspecified atom stereocenters. The molecular weight excluding hydrogens is 438 g/mol. The molecule has 0 aromatic rings. The van der Waals surface area contributed by atoms with E-state index in [1.165, 1.54) is 38.5 Å². The number of hydrogen-bond acceptors (Lipinski definition) is 4. The Kier molecular flexibility index (Phi) is 4.65. The molecule has 2 saturated heterocycles. The van der Waals surface area contributed by atoms with Crippen LogP contribution in [0.2, 0.25) is 0 Å². The van der Waals surface area contributed by atoms with Crippen molar-refractivity contribution >= 4 is 6.09 Å². The van der Waals surface area contributed by atoms with Crippen molar-refractivity contribution in [1.82, 2.24) is 4.90 Å². The minimum absolute atomic E-state index is 0.00874. The molecule has 1 amide bonds. The first kappa shape index (κ1) is 23.3. The number of aliphatic hydroxyl groups excluding tert-OH is 1. The van der Waals surface area contributed by atoms with Crippen molar-refractivity contribution in [1.29, 1.82) is 0 Å². The van der Waals surface area contributed by atoms with Gasteiger partial charge in [-0.15, -0.1) is 0 Å². The van der Waals surface area contributed by atoms with E-state index in [0.717, 1.165) is 39.0 Å². The summed E-state index contributed by atoms with van der Waals surface area (Å²) in [5, 5.41) is 12.0. The van der Waals surface area contributed by atoms with Gasteiger partial charge < -0.3 is 19.5 Å². The Morgan fingerprint density at radius 2 is 1.69 bits per heavy atom. The van der Waals surface area contributed by atoms with Crippen LogP contribution in [0.4, 0.5) is 4.79 Å². The second kappa shape index (κ2) is 6.98. The first-order chi connectivity index (χ1) is 16.5. The monoisotopic (exact) mass is 485 g/mol. The Balaban J connectivity index is 1.20. The van der Waals surface area contributed by atoms with Crippen LogP contribution in [0.1, 0.15) is 92.4 Å². The normalized spacial score (nSPS) is 57.5. The minimum Gasteiger partial charge on any atom is -0.446 e. The maximum absolute atomic E-state index is 12.7. The lowest BCUT2D eigenvalue weighted by Gasteiger charge is -2.63. The molecule has 0 bridgehead atoms. The maximum atomic E-state index is 12.7. The number of fused-ring (bicyclic) bond motifs is 4. The van der Waals surface area contributed by atoms with Gasteiger partial charge in [-0.05, 0) is 97.7 Å². The van der Waals surface area contributed by atoms with Crippen molar-refractivity contribution in [2.75, 3.05) is 19.7 Å². The molecule has 2 aliphatic heterocycles. The zero-order chi connectivity index (χ0) is 24.6. The van der Waals surface area contributed by atoms with Gasteiger partial charge in [0.05, 0.1) is 12.2 Å². The second-order valence-electron chi connectivity index (χ2n) is 15.0. The molecule has 11 atom stereocenters. The number of nitrogens with zero attached hydrogens (tertiary/aromatic N) is 1. The number of carbonyl (C=O) groups is 1. The molecule has 5 aliphatic carbocycles. The lowest BCUT2D eigenvalue weighted by molar-refractivity contribution is -0.183. The average Bonchev–Trinajstić information content (AvgIpc) is 3.40. The highest BCUT2D eigenvalue weighted by atomic mass is 16.6. The van der Waals surface area contributed by atoms with E-state index in [-0.39, 0.29) is 40.7 Å². The topological polar surface area (TPSA) is 59.0 Å². The fraction of sp³-hybridized carbons (Fsp3) is 0.967. The summed E-state index contributed by atoms with van der Waals surface area (Å²) in [7, 11) is 0. The van der Waals surface area contributed by atoms with E-state index in [1.54, 1.807) is 0 Å². The summed E-state index contributed by atoms with van der Waals surface area (Å²) >= 11 is 0. The van der Waals surface area contributed by atoms with Gasteiger partial charge in [0.25, 0.3) is 0 Å². The molecule has 7 rings (SSSR count). The lowest BCUT2D eigenvalue weighted by atomic mass is 9.41. The smallest absolute Gasteiger partial charge is 0.410 e. The SMILES string of the molecule is C[C@@H]1CCOC2[C@H]1[C@@]1(C)CCC34C[C@@]35CC[C@H](OC(=O)N3CCC3)C(C)(C)[C@@H]5CCC4[C@]1(C)[C@H]2O. The highest BCUT2D eigenvalue weighted by Crippen LogP contribution is 2.89. The summed E-state index contributed by atoms with van der Waals surface area (Å²) < 4.78 is 12.5. The summed E-state index contributed by atoms with van der Waals surface area (Å²) in [6.45, 7) is 14.7. The van der Waals surface area contributed by atoms with Gasteiger partial charge in [0.15, 0.2) is 0 Å². The van der Waals surface area contributed by atoms with Gasteiger partial charge in [-0.25, -0.2) is 4.79 Å². The van der Waals surface area contributed by atoms with Crippen molar-refractivity contribution in [3.63, 3.8) is 0 Å². The Morgan fingerprint density at radius 3 is 2.40 bits per heavy atom. The summed E-state index contributed by atoms with van der Waals surface area (Å²) in [6, 6.07) is 0. The van der Waals surface area contributed by atoms with E-state index in [2.05, 4.69) is 34.6 Å². The van der Waals surface area contributed by atoms with Gasteiger partial charge in [0, 0.05) is 30.5 Å². The predicted molar refractivity (Wildman–Crippen MR) is 134 cm³/mol. The van der Waals surface area contributed by atoms with Crippen LogP contribution in [0.5, 0.6) is 0 Å².